The summed E-state index contributed by atoms with van der Waals surface area (Å²) in [6.07, 6.45) is 3.41. The lowest BCUT2D eigenvalue weighted by molar-refractivity contribution is -0.117. The van der Waals surface area contributed by atoms with Crippen molar-refractivity contribution in [3.63, 3.8) is 0 Å². The van der Waals surface area contributed by atoms with Gasteiger partial charge in [0.05, 0.1) is 6.54 Å². The minimum atomic E-state index is -0.00477. The van der Waals surface area contributed by atoms with Crippen LogP contribution in [0.25, 0.3) is 0 Å². The van der Waals surface area contributed by atoms with Gasteiger partial charge in [-0.2, -0.15) is 0 Å². The lowest BCUT2D eigenvalue weighted by atomic mass is 10.1. The van der Waals surface area contributed by atoms with Gasteiger partial charge in [-0.05, 0) is 55.5 Å². The summed E-state index contributed by atoms with van der Waals surface area (Å²) in [5.74, 6) is 0.0755. The molecular weight excluding hydrogens is 374 g/mol. The number of piperazine rings is 1. The zero-order valence-electron chi connectivity index (χ0n) is 18.4. The molecule has 3 rings (SSSR count). The van der Waals surface area contributed by atoms with E-state index >= 15 is 0 Å². The molecule has 160 valence electrons. The number of hydrogen-bond donors (Lipinski definition) is 1. The summed E-state index contributed by atoms with van der Waals surface area (Å²) in [6.45, 7) is 9.25. The number of aryl methyl sites for hydroxylation is 3. The molecule has 0 atom stereocenters. The Kier molecular flexibility index (Phi) is 7.63. The van der Waals surface area contributed by atoms with Crippen LogP contribution in [-0.4, -0.2) is 54.3 Å². The number of unbranched alkanes of at least 4 members (excludes halogenated alkanes) is 1. The Balaban J connectivity index is 1.48. The van der Waals surface area contributed by atoms with E-state index in [1.165, 1.54) is 18.4 Å². The van der Waals surface area contributed by atoms with E-state index in [1.54, 1.807) is 0 Å². The van der Waals surface area contributed by atoms with E-state index in [2.05, 4.69) is 29.3 Å². The maximum absolute atomic E-state index is 12.8. The van der Waals surface area contributed by atoms with Gasteiger partial charge < -0.3 is 10.2 Å². The van der Waals surface area contributed by atoms with Crippen LogP contribution in [0.15, 0.2) is 42.5 Å². The van der Waals surface area contributed by atoms with Crippen molar-refractivity contribution < 1.29 is 9.59 Å². The molecule has 1 heterocycles. The summed E-state index contributed by atoms with van der Waals surface area (Å²) in [4.78, 5) is 29.3. The molecule has 2 amide bonds. The average molecular weight is 408 g/mol. The molecule has 2 aromatic carbocycles. The van der Waals surface area contributed by atoms with Gasteiger partial charge in [-0.1, -0.05) is 43.7 Å². The second-order valence-corrected chi connectivity index (χ2v) is 8.18. The Labute approximate surface area is 180 Å². The SMILES string of the molecule is CCCCc1ccc(C(=O)N2CCN(CC(=O)Nc3c(C)cccc3C)CC2)cc1. The van der Waals surface area contributed by atoms with E-state index in [9.17, 15) is 9.59 Å². The highest BCUT2D eigenvalue weighted by molar-refractivity contribution is 5.95. The standard InChI is InChI=1S/C25H33N3O2/c1-4-5-9-21-10-12-22(13-11-21)25(30)28-16-14-27(15-17-28)18-23(29)26-24-19(2)7-6-8-20(24)3/h6-8,10-13H,4-5,9,14-18H2,1-3H3,(H,26,29). The number of rotatable bonds is 7. The average Bonchev–Trinajstić information content (AvgIpc) is 2.75. The Morgan fingerprint density at radius 1 is 0.933 bits per heavy atom. The number of benzene rings is 2. The fourth-order valence-electron chi connectivity index (χ4n) is 3.88. The topological polar surface area (TPSA) is 52.7 Å². The highest BCUT2D eigenvalue weighted by atomic mass is 16.2. The first kappa shape index (κ1) is 22.0. The lowest BCUT2D eigenvalue weighted by Gasteiger charge is -2.34. The van der Waals surface area contributed by atoms with Gasteiger partial charge in [0.25, 0.3) is 5.91 Å². The van der Waals surface area contributed by atoms with E-state index in [1.807, 2.05) is 49.1 Å². The summed E-state index contributed by atoms with van der Waals surface area (Å²) in [5, 5.41) is 3.04. The monoisotopic (exact) mass is 407 g/mol. The predicted molar refractivity (Wildman–Crippen MR) is 122 cm³/mol. The van der Waals surface area contributed by atoms with Crippen molar-refractivity contribution in [1.29, 1.82) is 0 Å². The second-order valence-electron chi connectivity index (χ2n) is 8.18. The predicted octanol–water partition coefficient (Wildman–Crippen LogP) is 4.04. The van der Waals surface area contributed by atoms with E-state index < -0.39 is 0 Å². The van der Waals surface area contributed by atoms with Crippen molar-refractivity contribution >= 4 is 17.5 Å². The van der Waals surface area contributed by atoms with Gasteiger partial charge in [0, 0.05) is 37.4 Å². The molecule has 0 spiro atoms. The number of para-hydroxylation sites is 1. The molecule has 1 N–H and O–H groups in total. The number of carbonyl (C=O) groups is 2. The molecule has 0 radical (unpaired) electrons. The third-order valence-corrected chi connectivity index (χ3v) is 5.79. The van der Waals surface area contributed by atoms with Crippen molar-refractivity contribution in [3.05, 3.63) is 64.7 Å². The molecular formula is C25H33N3O2. The van der Waals surface area contributed by atoms with Crippen molar-refractivity contribution in [3.8, 4) is 0 Å². The first-order valence-corrected chi connectivity index (χ1v) is 10.9. The van der Waals surface area contributed by atoms with Crippen molar-refractivity contribution in [2.45, 2.75) is 40.0 Å². The van der Waals surface area contributed by atoms with Crippen LogP contribution >= 0.6 is 0 Å². The number of amides is 2. The highest BCUT2D eigenvalue weighted by Crippen LogP contribution is 2.19. The summed E-state index contributed by atoms with van der Waals surface area (Å²) in [6, 6.07) is 14.0. The van der Waals surface area contributed by atoms with Crippen LogP contribution in [0.5, 0.6) is 0 Å². The third-order valence-electron chi connectivity index (χ3n) is 5.79. The molecule has 5 nitrogen and oxygen atoms in total. The maximum Gasteiger partial charge on any atom is 0.253 e. The molecule has 5 heteroatoms. The summed E-state index contributed by atoms with van der Waals surface area (Å²) < 4.78 is 0. The molecule has 30 heavy (non-hydrogen) atoms. The molecule has 1 fully saturated rings. The molecule has 1 aliphatic rings. The van der Waals surface area contributed by atoms with Crippen LogP contribution < -0.4 is 5.32 Å². The highest BCUT2D eigenvalue weighted by Gasteiger charge is 2.23. The smallest absolute Gasteiger partial charge is 0.253 e. The van der Waals surface area contributed by atoms with Crippen LogP contribution in [0.2, 0.25) is 0 Å². The van der Waals surface area contributed by atoms with Crippen LogP contribution in [-0.2, 0) is 11.2 Å². The number of carbonyl (C=O) groups excluding carboxylic acids is 2. The van der Waals surface area contributed by atoms with Crippen LogP contribution in [0, 0.1) is 13.8 Å². The van der Waals surface area contributed by atoms with Crippen molar-refractivity contribution in [1.82, 2.24) is 9.80 Å². The third kappa shape index (κ3) is 5.70. The molecule has 0 aliphatic carbocycles. The molecule has 0 aromatic heterocycles. The molecule has 1 aliphatic heterocycles. The van der Waals surface area contributed by atoms with E-state index in [4.69, 9.17) is 0 Å². The van der Waals surface area contributed by atoms with Gasteiger partial charge in [0.15, 0.2) is 0 Å². The van der Waals surface area contributed by atoms with Gasteiger partial charge >= 0.3 is 0 Å². The summed E-state index contributed by atoms with van der Waals surface area (Å²) >= 11 is 0. The fraction of sp³-hybridized carbons (Fsp3) is 0.440. The summed E-state index contributed by atoms with van der Waals surface area (Å²) in [5.41, 5.74) is 5.07. The van der Waals surface area contributed by atoms with E-state index in [0.29, 0.717) is 32.7 Å². The molecule has 0 unspecified atom stereocenters. The van der Waals surface area contributed by atoms with E-state index in [-0.39, 0.29) is 11.8 Å². The maximum atomic E-state index is 12.8. The first-order valence-electron chi connectivity index (χ1n) is 10.9. The molecule has 0 bridgehead atoms. The second kappa shape index (κ2) is 10.4. The van der Waals surface area contributed by atoms with Gasteiger partial charge in [-0.25, -0.2) is 0 Å². The lowest BCUT2D eigenvalue weighted by Crippen LogP contribution is -2.50. The zero-order valence-corrected chi connectivity index (χ0v) is 18.4. The molecule has 1 saturated heterocycles. The zero-order chi connectivity index (χ0) is 21.5. The normalized spacial score (nSPS) is 14.6. The van der Waals surface area contributed by atoms with Gasteiger partial charge in [0.2, 0.25) is 5.91 Å². The van der Waals surface area contributed by atoms with Crippen LogP contribution in [0.3, 0.4) is 0 Å². The van der Waals surface area contributed by atoms with Gasteiger partial charge in [-0.15, -0.1) is 0 Å². The van der Waals surface area contributed by atoms with Crippen LogP contribution in [0.4, 0.5) is 5.69 Å². The minimum Gasteiger partial charge on any atom is -0.336 e. The van der Waals surface area contributed by atoms with Crippen molar-refractivity contribution in [2.24, 2.45) is 0 Å². The Bertz CT molecular complexity index is 848. The Morgan fingerprint density at radius 2 is 1.57 bits per heavy atom. The molecule has 2 aromatic rings. The van der Waals surface area contributed by atoms with Gasteiger partial charge in [0.1, 0.15) is 0 Å². The van der Waals surface area contributed by atoms with Crippen molar-refractivity contribution in [2.75, 3.05) is 38.0 Å². The number of nitrogens with zero attached hydrogens (tertiary/aromatic N) is 2. The van der Waals surface area contributed by atoms with E-state index in [0.717, 1.165) is 28.8 Å². The fourth-order valence-corrected chi connectivity index (χ4v) is 3.88. The minimum absolute atomic E-state index is 0.00477. The quantitative estimate of drug-likeness (QED) is 0.754. The first-order chi connectivity index (χ1) is 14.5. The van der Waals surface area contributed by atoms with Crippen LogP contribution in [0.1, 0.15) is 46.8 Å². The number of nitrogens with one attached hydrogen (secondary N) is 1. The molecule has 0 saturated carbocycles. The number of anilines is 1. The summed E-state index contributed by atoms with van der Waals surface area (Å²) in [7, 11) is 0. The Morgan fingerprint density at radius 3 is 2.17 bits per heavy atom. The Hall–Kier alpha value is -2.66. The largest absolute Gasteiger partial charge is 0.336 e. The number of hydrogen-bond acceptors (Lipinski definition) is 3. The van der Waals surface area contributed by atoms with Gasteiger partial charge in [-0.3, -0.25) is 14.5 Å².